The summed E-state index contributed by atoms with van der Waals surface area (Å²) < 4.78 is 14.2. The fraction of sp³-hybridized carbons (Fsp3) is 0.188. The van der Waals surface area contributed by atoms with E-state index in [2.05, 4.69) is 32.3 Å². The molecule has 3 aromatic carbocycles. The molecule has 202 valence electrons. The van der Waals surface area contributed by atoms with E-state index in [1.54, 1.807) is 18.3 Å². The van der Waals surface area contributed by atoms with E-state index in [1.807, 2.05) is 42.5 Å². The summed E-state index contributed by atoms with van der Waals surface area (Å²) in [7, 11) is 0. The number of hydrogen-bond donors (Lipinski definition) is 4. The van der Waals surface area contributed by atoms with Crippen molar-refractivity contribution in [3.05, 3.63) is 114 Å². The number of H-pyrrole nitrogens is 1. The summed E-state index contributed by atoms with van der Waals surface area (Å²) in [5.41, 5.74) is 10.9. The van der Waals surface area contributed by atoms with E-state index in [0.717, 1.165) is 48.1 Å². The molecule has 0 aliphatic carbocycles. The highest BCUT2D eigenvalue weighted by Crippen LogP contribution is 2.32. The number of pyridine rings is 1. The number of benzene rings is 3. The first-order chi connectivity index (χ1) is 19.4. The van der Waals surface area contributed by atoms with E-state index in [1.165, 1.54) is 18.2 Å². The van der Waals surface area contributed by atoms with E-state index in [0.29, 0.717) is 17.0 Å². The molecule has 0 bridgehead atoms. The van der Waals surface area contributed by atoms with Crippen molar-refractivity contribution in [1.82, 2.24) is 15.3 Å². The maximum absolute atomic E-state index is 14.2. The molecule has 1 amide bonds. The van der Waals surface area contributed by atoms with Gasteiger partial charge in [-0.15, -0.1) is 0 Å². The van der Waals surface area contributed by atoms with E-state index in [-0.39, 0.29) is 23.3 Å². The van der Waals surface area contributed by atoms with Crippen LogP contribution in [0.25, 0.3) is 22.2 Å². The van der Waals surface area contributed by atoms with Crippen molar-refractivity contribution < 1.29 is 14.3 Å². The molecule has 6 rings (SSSR count). The number of carbonyl (C=O) groups excluding carboxylic acids is 1. The zero-order chi connectivity index (χ0) is 27.6. The third-order valence-electron chi connectivity index (χ3n) is 7.53. The molecule has 0 unspecified atom stereocenters. The standard InChI is InChI=1S/C32H30FN5O2/c33-23-7-10-30(39)26(19-23)31(29-17-21-3-1-2-4-27(21)36-29)37-32(40)22-11-14-35-28(18-22)20-5-8-25(9-6-20)38-15-12-24(34)13-16-38/h1-11,14,17-19,24,31,36,39H,12-13,15-16,34H2,(H,37,40)/t31-/m1/s1. The van der Waals surface area contributed by atoms with Crippen molar-refractivity contribution in [1.29, 1.82) is 0 Å². The number of nitrogens with one attached hydrogen (secondary N) is 2. The van der Waals surface area contributed by atoms with Gasteiger partial charge in [0, 0.05) is 58.9 Å². The molecule has 5 aromatic rings. The van der Waals surface area contributed by atoms with Crippen LogP contribution in [0.1, 0.15) is 40.5 Å². The second kappa shape index (κ2) is 10.8. The third kappa shape index (κ3) is 5.26. The van der Waals surface area contributed by atoms with Crippen LogP contribution in [0.5, 0.6) is 5.75 Å². The molecule has 2 aromatic heterocycles. The van der Waals surface area contributed by atoms with Gasteiger partial charge in [0.1, 0.15) is 11.6 Å². The Morgan fingerprint density at radius 1 is 1.02 bits per heavy atom. The molecule has 0 radical (unpaired) electrons. The van der Waals surface area contributed by atoms with Crippen LogP contribution in [-0.2, 0) is 0 Å². The largest absolute Gasteiger partial charge is 0.508 e. The van der Waals surface area contributed by atoms with E-state index in [4.69, 9.17) is 5.73 Å². The Bertz CT molecular complexity index is 1630. The molecule has 40 heavy (non-hydrogen) atoms. The summed E-state index contributed by atoms with van der Waals surface area (Å²) in [5.74, 6) is -1.00. The number of halogens is 1. The summed E-state index contributed by atoms with van der Waals surface area (Å²) in [6, 6.07) is 24.3. The van der Waals surface area contributed by atoms with Gasteiger partial charge in [-0.2, -0.15) is 0 Å². The monoisotopic (exact) mass is 535 g/mol. The number of phenols is 1. The van der Waals surface area contributed by atoms with Crippen LogP contribution in [0.4, 0.5) is 10.1 Å². The number of anilines is 1. The zero-order valence-electron chi connectivity index (χ0n) is 21.8. The quantitative estimate of drug-likeness (QED) is 0.229. The molecule has 1 aliphatic heterocycles. The molecule has 3 heterocycles. The molecule has 5 N–H and O–H groups in total. The number of nitrogens with two attached hydrogens (primary N) is 1. The minimum Gasteiger partial charge on any atom is -0.508 e. The van der Waals surface area contributed by atoms with Crippen LogP contribution in [0, 0.1) is 5.82 Å². The van der Waals surface area contributed by atoms with Gasteiger partial charge in [-0.1, -0.05) is 30.3 Å². The average Bonchev–Trinajstić information content (AvgIpc) is 3.42. The molecule has 1 aliphatic rings. The maximum Gasteiger partial charge on any atom is 0.252 e. The summed E-state index contributed by atoms with van der Waals surface area (Å²) in [5, 5.41) is 14.5. The van der Waals surface area contributed by atoms with Crippen LogP contribution < -0.4 is 16.0 Å². The van der Waals surface area contributed by atoms with Crippen molar-refractivity contribution in [2.24, 2.45) is 5.73 Å². The predicted molar refractivity (Wildman–Crippen MR) is 155 cm³/mol. The number of nitrogens with zero attached hydrogens (tertiary/aromatic N) is 2. The summed E-state index contributed by atoms with van der Waals surface area (Å²) >= 11 is 0. The first kappa shape index (κ1) is 25.6. The molecule has 1 fully saturated rings. The van der Waals surface area contributed by atoms with Crippen LogP contribution >= 0.6 is 0 Å². The fourth-order valence-electron chi connectivity index (χ4n) is 5.28. The highest BCUT2D eigenvalue weighted by molar-refractivity contribution is 5.95. The van der Waals surface area contributed by atoms with Gasteiger partial charge in [0.15, 0.2) is 0 Å². The number of fused-ring (bicyclic) bond motifs is 1. The molecule has 1 saturated heterocycles. The number of aromatic hydroxyl groups is 1. The number of phenolic OH excluding ortho intramolecular Hbond substituents is 1. The van der Waals surface area contributed by atoms with Gasteiger partial charge in [0.2, 0.25) is 0 Å². The third-order valence-corrected chi connectivity index (χ3v) is 7.53. The Kier molecular flexibility index (Phi) is 6.92. The van der Waals surface area contributed by atoms with E-state index < -0.39 is 11.9 Å². The average molecular weight is 536 g/mol. The number of hydrogen-bond acceptors (Lipinski definition) is 5. The van der Waals surface area contributed by atoms with Gasteiger partial charge in [-0.25, -0.2) is 4.39 Å². The van der Waals surface area contributed by atoms with Gasteiger partial charge in [0.05, 0.1) is 11.7 Å². The number of rotatable bonds is 6. The Morgan fingerprint density at radius 3 is 2.58 bits per heavy atom. The Balaban J connectivity index is 1.27. The fourth-order valence-corrected chi connectivity index (χ4v) is 5.28. The Labute approximate surface area is 231 Å². The van der Waals surface area contributed by atoms with Crippen molar-refractivity contribution in [3.63, 3.8) is 0 Å². The predicted octanol–water partition coefficient (Wildman–Crippen LogP) is 5.52. The van der Waals surface area contributed by atoms with Crippen LogP contribution in [0.15, 0.2) is 91.1 Å². The number of aromatic nitrogens is 2. The van der Waals surface area contributed by atoms with Gasteiger partial charge < -0.3 is 26.0 Å². The minimum atomic E-state index is -0.816. The smallest absolute Gasteiger partial charge is 0.252 e. The normalized spacial score (nSPS) is 14.8. The first-order valence-corrected chi connectivity index (χ1v) is 13.4. The van der Waals surface area contributed by atoms with Gasteiger partial charge in [0.25, 0.3) is 5.91 Å². The topological polar surface area (TPSA) is 107 Å². The number of carbonyl (C=O) groups is 1. The lowest BCUT2D eigenvalue weighted by atomic mass is 10.0. The van der Waals surface area contributed by atoms with Gasteiger partial charge >= 0.3 is 0 Å². The first-order valence-electron chi connectivity index (χ1n) is 13.4. The van der Waals surface area contributed by atoms with Crippen molar-refractivity contribution in [2.45, 2.75) is 24.9 Å². The summed E-state index contributed by atoms with van der Waals surface area (Å²) in [4.78, 5) is 23.7. The van der Waals surface area contributed by atoms with E-state index in [9.17, 15) is 14.3 Å². The van der Waals surface area contributed by atoms with E-state index >= 15 is 0 Å². The molecule has 1 atom stereocenters. The molecule has 0 spiro atoms. The lowest BCUT2D eigenvalue weighted by Crippen LogP contribution is -2.39. The molecular weight excluding hydrogens is 505 g/mol. The number of para-hydroxylation sites is 1. The molecular formula is C32H30FN5O2. The second-order valence-corrected chi connectivity index (χ2v) is 10.2. The number of aromatic amines is 1. The van der Waals surface area contributed by atoms with Crippen molar-refractivity contribution in [3.8, 4) is 17.0 Å². The van der Waals surface area contributed by atoms with Crippen LogP contribution in [0.3, 0.4) is 0 Å². The Hall–Kier alpha value is -4.69. The second-order valence-electron chi connectivity index (χ2n) is 10.2. The molecule has 8 heteroatoms. The minimum absolute atomic E-state index is 0.114. The van der Waals surface area contributed by atoms with Crippen LogP contribution in [0.2, 0.25) is 0 Å². The molecule has 7 nitrogen and oxygen atoms in total. The zero-order valence-corrected chi connectivity index (χ0v) is 21.8. The van der Waals surface area contributed by atoms with Crippen LogP contribution in [-0.4, -0.2) is 40.1 Å². The highest BCUT2D eigenvalue weighted by Gasteiger charge is 2.24. The van der Waals surface area contributed by atoms with Crippen molar-refractivity contribution >= 4 is 22.5 Å². The molecule has 0 saturated carbocycles. The maximum atomic E-state index is 14.2. The SMILES string of the molecule is NC1CCN(c2ccc(-c3cc(C(=O)N[C@@H](c4cc5ccccc5[nH]4)c4cc(F)ccc4O)ccn3)cc2)CC1. The Morgan fingerprint density at radius 2 is 1.80 bits per heavy atom. The van der Waals surface area contributed by atoms with Gasteiger partial charge in [-0.05, 0) is 72.8 Å². The van der Waals surface area contributed by atoms with Gasteiger partial charge in [-0.3, -0.25) is 9.78 Å². The summed E-state index contributed by atoms with van der Waals surface area (Å²) in [6.07, 6.45) is 3.56. The highest BCUT2D eigenvalue weighted by atomic mass is 19.1. The lowest BCUT2D eigenvalue weighted by Gasteiger charge is -2.32. The lowest BCUT2D eigenvalue weighted by molar-refractivity contribution is 0.0942. The number of amides is 1. The summed E-state index contributed by atoms with van der Waals surface area (Å²) in [6.45, 7) is 1.87. The number of piperidine rings is 1. The van der Waals surface area contributed by atoms with Crippen molar-refractivity contribution in [2.75, 3.05) is 18.0 Å².